The first-order chi connectivity index (χ1) is 12.5. The molecule has 2 saturated heterocycles. The van der Waals surface area contributed by atoms with Crippen LogP contribution in [0.3, 0.4) is 0 Å². The quantitative estimate of drug-likeness (QED) is 0.585. The average molecular weight is 394 g/mol. The van der Waals surface area contributed by atoms with Gasteiger partial charge in [0.1, 0.15) is 40.7 Å². The van der Waals surface area contributed by atoms with E-state index in [0.29, 0.717) is 35.5 Å². The molecule has 0 amide bonds. The zero-order valence-corrected chi connectivity index (χ0v) is 15.0. The Labute approximate surface area is 157 Å². The van der Waals surface area contributed by atoms with E-state index in [-0.39, 0.29) is 5.56 Å². The fourth-order valence-corrected chi connectivity index (χ4v) is 4.19. The molecule has 6 nitrogen and oxygen atoms in total. The predicted octanol–water partition coefficient (Wildman–Crippen LogP) is 2.30. The van der Waals surface area contributed by atoms with Gasteiger partial charge in [0.05, 0.1) is 36.5 Å². The molecule has 1 spiro atoms. The number of aromatic nitrogens is 1. The second-order valence-electron chi connectivity index (χ2n) is 6.10. The average Bonchev–Trinajstić information content (AvgIpc) is 3.32. The molecule has 9 heteroatoms. The monoisotopic (exact) mass is 393 g/mol. The highest BCUT2D eigenvalue weighted by Crippen LogP contribution is 2.41. The number of pyridine rings is 1. The number of epoxide rings is 1. The zero-order valence-electron chi connectivity index (χ0n) is 13.4. The van der Waals surface area contributed by atoms with Gasteiger partial charge in [-0.05, 0) is 18.2 Å². The molecular weight excluding hydrogens is 381 g/mol. The van der Waals surface area contributed by atoms with E-state index < -0.39 is 28.9 Å². The Bertz CT molecular complexity index is 873. The van der Waals surface area contributed by atoms with Crippen LogP contribution in [-0.4, -0.2) is 45.2 Å². The molecule has 0 aliphatic carbocycles. The van der Waals surface area contributed by atoms with E-state index in [0.717, 1.165) is 0 Å². The van der Waals surface area contributed by atoms with Gasteiger partial charge in [0.2, 0.25) is 0 Å². The summed E-state index contributed by atoms with van der Waals surface area (Å²) in [6.45, 7) is 1.25. The summed E-state index contributed by atoms with van der Waals surface area (Å²) in [6.07, 6.45) is 1.05. The molecule has 0 N–H and O–H groups in total. The van der Waals surface area contributed by atoms with Crippen molar-refractivity contribution in [1.82, 2.24) is 9.29 Å². The number of halogens is 2. The molecule has 0 bridgehead atoms. The predicted molar refractivity (Wildman–Crippen MR) is 91.4 cm³/mol. The van der Waals surface area contributed by atoms with Crippen molar-refractivity contribution in [2.45, 2.75) is 16.7 Å². The van der Waals surface area contributed by atoms with Crippen molar-refractivity contribution in [1.29, 1.82) is 5.26 Å². The SMILES string of the molecule is N#Cc1ccc(O[C@H]2CN([S+]([O-])c3ccc(Cl)cn3)C[C@]23CO3)cc1F. The Hall–Kier alpha value is -1.89. The maximum atomic E-state index is 13.8. The minimum absolute atomic E-state index is 0.0438. The topological polar surface area (TPSA) is 84.7 Å². The van der Waals surface area contributed by atoms with Crippen LogP contribution in [-0.2, 0) is 16.1 Å². The minimum Gasteiger partial charge on any atom is -0.592 e. The third kappa shape index (κ3) is 3.24. The Morgan fingerprint density at radius 3 is 2.88 bits per heavy atom. The van der Waals surface area contributed by atoms with Crippen molar-refractivity contribution in [3.05, 3.63) is 52.9 Å². The summed E-state index contributed by atoms with van der Waals surface area (Å²) in [7, 11) is 0. The van der Waals surface area contributed by atoms with Crippen LogP contribution in [0.15, 0.2) is 41.6 Å². The second-order valence-corrected chi connectivity index (χ2v) is 7.97. The van der Waals surface area contributed by atoms with Crippen LogP contribution in [0.5, 0.6) is 5.75 Å². The number of hydrogen-bond acceptors (Lipinski definition) is 6. The molecule has 1 aromatic carbocycles. The smallest absolute Gasteiger partial charge is 0.265 e. The van der Waals surface area contributed by atoms with Gasteiger partial charge < -0.3 is 14.0 Å². The summed E-state index contributed by atoms with van der Waals surface area (Å²) in [4.78, 5) is 4.10. The number of nitrogens with zero attached hydrogens (tertiary/aromatic N) is 3. The first-order valence-corrected chi connectivity index (χ1v) is 9.28. The van der Waals surface area contributed by atoms with Crippen LogP contribution in [0, 0.1) is 17.1 Å². The summed E-state index contributed by atoms with van der Waals surface area (Å²) >= 11 is 4.34. The van der Waals surface area contributed by atoms with Crippen molar-refractivity contribution in [3.8, 4) is 11.8 Å². The summed E-state index contributed by atoms with van der Waals surface area (Å²) < 4.78 is 39.7. The highest BCUT2D eigenvalue weighted by molar-refractivity contribution is 7.89. The normalized spacial score (nSPS) is 25.8. The van der Waals surface area contributed by atoms with Gasteiger partial charge in [0.15, 0.2) is 0 Å². The molecule has 3 atom stereocenters. The third-order valence-corrected chi connectivity index (χ3v) is 5.94. The maximum Gasteiger partial charge on any atom is 0.265 e. The first-order valence-electron chi connectivity index (χ1n) is 7.79. The molecule has 0 radical (unpaired) electrons. The highest BCUT2D eigenvalue weighted by atomic mass is 35.5. The summed E-state index contributed by atoms with van der Waals surface area (Å²) in [5.41, 5.74) is -0.593. The molecule has 1 aromatic heterocycles. The number of ether oxygens (including phenoxy) is 2. The number of nitriles is 1. The molecule has 2 aromatic rings. The first kappa shape index (κ1) is 17.5. The Morgan fingerprint density at radius 2 is 2.27 bits per heavy atom. The Morgan fingerprint density at radius 1 is 1.46 bits per heavy atom. The highest BCUT2D eigenvalue weighted by Gasteiger charge is 2.62. The summed E-state index contributed by atoms with van der Waals surface area (Å²) in [6, 6.07) is 9.10. The minimum atomic E-state index is -1.48. The van der Waals surface area contributed by atoms with E-state index >= 15 is 0 Å². The van der Waals surface area contributed by atoms with Crippen LogP contribution >= 0.6 is 11.6 Å². The van der Waals surface area contributed by atoms with Gasteiger partial charge in [-0.25, -0.2) is 9.37 Å². The van der Waals surface area contributed by atoms with Crippen molar-refractivity contribution in [2.24, 2.45) is 0 Å². The van der Waals surface area contributed by atoms with Crippen molar-refractivity contribution >= 4 is 23.0 Å². The summed E-state index contributed by atoms with van der Waals surface area (Å²) in [5.74, 6) is -0.335. The molecule has 2 fully saturated rings. The van der Waals surface area contributed by atoms with Gasteiger partial charge in [-0.1, -0.05) is 11.6 Å². The van der Waals surface area contributed by atoms with E-state index in [1.807, 2.05) is 0 Å². The second kappa shape index (κ2) is 6.68. The number of rotatable bonds is 4. The fraction of sp³-hybridized carbons (Fsp3) is 0.294. The van der Waals surface area contributed by atoms with Gasteiger partial charge in [-0.3, -0.25) is 0 Å². The van der Waals surface area contributed by atoms with E-state index in [2.05, 4.69) is 4.98 Å². The Balaban J connectivity index is 1.49. The van der Waals surface area contributed by atoms with Gasteiger partial charge in [0, 0.05) is 12.1 Å². The van der Waals surface area contributed by atoms with E-state index in [4.69, 9.17) is 26.3 Å². The van der Waals surface area contributed by atoms with Gasteiger partial charge in [-0.15, -0.1) is 4.31 Å². The van der Waals surface area contributed by atoms with Crippen LogP contribution in [0.4, 0.5) is 4.39 Å². The standard InChI is InChI=1S/C17H13ClFN3O3S/c18-12-2-4-16(21-7-12)26(23)22-8-15(17(9-22)10-24-17)25-13-3-1-11(6-20)14(19)5-13/h1-5,7,15H,8-10H2/t15-,17-,26?/m0/s1. The van der Waals surface area contributed by atoms with Crippen molar-refractivity contribution < 1.29 is 18.4 Å². The molecule has 3 heterocycles. The molecule has 2 aliphatic rings. The molecule has 134 valence electrons. The number of hydrogen-bond donors (Lipinski definition) is 0. The lowest BCUT2D eigenvalue weighted by molar-refractivity contribution is 0.135. The van der Waals surface area contributed by atoms with Crippen LogP contribution in [0.2, 0.25) is 5.02 Å². The largest absolute Gasteiger partial charge is 0.592 e. The van der Waals surface area contributed by atoms with Crippen LogP contribution in [0.1, 0.15) is 5.56 Å². The maximum absolute atomic E-state index is 13.8. The van der Waals surface area contributed by atoms with Gasteiger partial charge in [0.25, 0.3) is 5.03 Å². The van der Waals surface area contributed by atoms with Crippen LogP contribution < -0.4 is 4.74 Å². The molecule has 4 rings (SSSR count). The lowest BCUT2D eigenvalue weighted by Gasteiger charge is -2.18. The lowest BCUT2D eigenvalue weighted by atomic mass is 10.1. The Kier molecular flexibility index (Phi) is 4.50. The summed E-state index contributed by atoms with van der Waals surface area (Å²) in [5, 5.41) is 9.67. The van der Waals surface area contributed by atoms with Crippen LogP contribution in [0.25, 0.3) is 0 Å². The molecule has 0 saturated carbocycles. The lowest BCUT2D eigenvalue weighted by Crippen LogP contribution is -2.33. The fourth-order valence-electron chi connectivity index (χ4n) is 2.88. The van der Waals surface area contributed by atoms with Gasteiger partial charge >= 0.3 is 0 Å². The van der Waals surface area contributed by atoms with Crippen molar-refractivity contribution in [2.75, 3.05) is 19.7 Å². The number of benzene rings is 1. The van der Waals surface area contributed by atoms with Gasteiger partial charge in [-0.2, -0.15) is 5.26 Å². The molecule has 26 heavy (non-hydrogen) atoms. The van der Waals surface area contributed by atoms with E-state index in [1.165, 1.54) is 24.4 Å². The van der Waals surface area contributed by atoms with E-state index in [9.17, 15) is 8.94 Å². The van der Waals surface area contributed by atoms with E-state index in [1.54, 1.807) is 22.5 Å². The molecule has 1 unspecified atom stereocenters. The third-order valence-electron chi connectivity index (χ3n) is 4.37. The molecule has 2 aliphatic heterocycles. The zero-order chi connectivity index (χ0) is 18.3. The van der Waals surface area contributed by atoms with Crippen molar-refractivity contribution in [3.63, 3.8) is 0 Å². The molecular formula is C17H13ClFN3O3S.